The first-order chi connectivity index (χ1) is 14.2. The second-order valence-electron chi connectivity index (χ2n) is 8.24. The van der Waals surface area contributed by atoms with E-state index in [2.05, 4.69) is 10.6 Å². The van der Waals surface area contributed by atoms with Crippen molar-refractivity contribution in [3.05, 3.63) is 59.7 Å². The number of nitrogens with one attached hydrogen (secondary N) is 2. The van der Waals surface area contributed by atoms with Crippen molar-refractivity contribution >= 4 is 29.3 Å². The van der Waals surface area contributed by atoms with Gasteiger partial charge in [0.05, 0.1) is 0 Å². The van der Waals surface area contributed by atoms with Crippen molar-refractivity contribution in [3.63, 3.8) is 0 Å². The average Bonchev–Trinajstić information content (AvgIpc) is 3.21. The second-order valence-corrected chi connectivity index (χ2v) is 8.24. The molecule has 2 N–H and O–H groups in total. The van der Waals surface area contributed by atoms with Crippen LogP contribution in [0.25, 0.3) is 0 Å². The number of hydrogen-bond donors (Lipinski definition) is 2. The molecule has 1 saturated heterocycles. The topological polar surface area (TPSA) is 87.7 Å². The van der Waals surface area contributed by atoms with E-state index in [9.17, 15) is 14.4 Å². The first-order valence-corrected chi connectivity index (χ1v) is 10.0. The summed E-state index contributed by atoms with van der Waals surface area (Å²) in [5.74, 6) is -0.298. The summed E-state index contributed by atoms with van der Waals surface area (Å²) in [7, 11) is 0. The van der Waals surface area contributed by atoms with Gasteiger partial charge >= 0.3 is 6.09 Å². The molecule has 0 atom stereocenters. The van der Waals surface area contributed by atoms with E-state index in [0.717, 1.165) is 25.9 Å². The number of anilines is 2. The monoisotopic (exact) mass is 409 g/mol. The Labute approximate surface area is 176 Å². The molecule has 0 radical (unpaired) electrons. The van der Waals surface area contributed by atoms with Crippen LogP contribution in [0.5, 0.6) is 0 Å². The fourth-order valence-electron chi connectivity index (χ4n) is 3.16. The summed E-state index contributed by atoms with van der Waals surface area (Å²) < 4.78 is 5.22. The molecular weight excluding hydrogens is 382 g/mol. The first-order valence-electron chi connectivity index (χ1n) is 10.0. The van der Waals surface area contributed by atoms with Crippen molar-refractivity contribution in [1.29, 1.82) is 0 Å². The third-order valence-electron chi connectivity index (χ3n) is 4.55. The highest BCUT2D eigenvalue weighted by Gasteiger charge is 2.19. The molecule has 7 heteroatoms. The average molecular weight is 409 g/mol. The summed E-state index contributed by atoms with van der Waals surface area (Å²) in [6.45, 7) is 6.93. The molecule has 1 aliphatic rings. The van der Waals surface area contributed by atoms with Crippen LogP contribution in [0.1, 0.15) is 54.3 Å². The van der Waals surface area contributed by atoms with Gasteiger partial charge < -0.3 is 15.0 Å². The molecular formula is C23H27N3O4. The molecule has 0 bridgehead atoms. The molecule has 0 aromatic heterocycles. The van der Waals surface area contributed by atoms with Gasteiger partial charge in [-0.25, -0.2) is 4.79 Å². The van der Waals surface area contributed by atoms with Gasteiger partial charge in [0.15, 0.2) is 0 Å². The maximum absolute atomic E-state index is 12.6. The van der Waals surface area contributed by atoms with Gasteiger partial charge in [0.1, 0.15) is 5.60 Å². The van der Waals surface area contributed by atoms with E-state index < -0.39 is 11.7 Å². The van der Waals surface area contributed by atoms with Crippen molar-refractivity contribution in [1.82, 2.24) is 4.90 Å². The first kappa shape index (κ1) is 21.4. The zero-order valence-electron chi connectivity index (χ0n) is 17.5. The van der Waals surface area contributed by atoms with Crippen LogP contribution >= 0.6 is 0 Å². The van der Waals surface area contributed by atoms with Crippen molar-refractivity contribution in [2.24, 2.45) is 0 Å². The molecule has 30 heavy (non-hydrogen) atoms. The lowest BCUT2D eigenvalue weighted by Crippen LogP contribution is -2.27. The second kappa shape index (κ2) is 8.98. The van der Waals surface area contributed by atoms with E-state index in [0.29, 0.717) is 22.5 Å². The zero-order valence-corrected chi connectivity index (χ0v) is 17.5. The number of carbonyl (C=O) groups is 3. The summed E-state index contributed by atoms with van der Waals surface area (Å²) in [6, 6.07) is 13.5. The van der Waals surface area contributed by atoms with Crippen LogP contribution in [0.2, 0.25) is 0 Å². The van der Waals surface area contributed by atoms with Gasteiger partial charge in [-0.15, -0.1) is 0 Å². The molecule has 0 unspecified atom stereocenters. The largest absolute Gasteiger partial charge is 0.444 e. The van der Waals surface area contributed by atoms with Crippen LogP contribution < -0.4 is 10.6 Å². The summed E-state index contributed by atoms with van der Waals surface area (Å²) >= 11 is 0. The van der Waals surface area contributed by atoms with Crippen molar-refractivity contribution in [2.75, 3.05) is 23.7 Å². The molecule has 2 aromatic carbocycles. The lowest BCUT2D eigenvalue weighted by atomic mass is 10.1. The SMILES string of the molecule is CC(C)(C)OC(=O)Nc1cccc(C(=O)Nc2ccc(C(=O)N3CCCC3)cc2)c1. The molecule has 1 heterocycles. The van der Waals surface area contributed by atoms with Crippen LogP contribution in [-0.2, 0) is 4.74 Å². The van der Waals surface area contributed by atoms with Crippen LogP contribution in [0.3, 0.4) is 0 Å². The fourth-order valence-corrected chi connectivity index (χ4v) is 3.16. The number of nitrogens with zero attached hydrogens (tertiary/aromatic N) is 1. The highest BCUT2D eigenvalue weighted by atomic mass is 16.6. The number of amides is 3. The number of ether oxygens (including phenoxy) is 1. The van der Waals surface area contributed by atoms with E-state index in [1.165, 1.54) is 0 Å². The van der Waals surface area contributed by atoms with Crippen molar-refractivity contribution in [3.8, 4) is 0 Å². The predicted molar refractivity (Wildman–Crippen MR) is 116 cm³/mol. The highest BCUT2D eigenvalue weighted by Crippen LogP contribution is 2.18. The quantitative estimate of drug-likeness (QED) is 0.777. The van der Waals surface area contributed by atoms with Crippen molar-refractivity contribution in [2.45, 2.75) is 39.2 Å². The van der Waals surface area contributed by atoms with Gasteiger partial charge in [0.25, 0.3) is 11.8 Å². The highest BCUT2D eigenvalue weighted by molar-refractivity contribution is 6.05. The minimum Gasteiger partial charge on any atom is -0.444 e. The van der Waals surface area contributed by atoms with E-state index in [4.69, 9.17) is 4.74 Å². The maximum atomic E-state index is 12.6. The molecule has 1 aliphatic heterocycles. The van der Waals surface area contributed by atoms with Gasteiger partial charge in [-0.3, -0.25) is 14.9 Å². The molecule has 3 amide bonds. The molecule has 0 aliphatic carbocycles. The zero-order chi connectivity index (χ0) is 21.7. The van der Waals surface area contributed by atoms with Gasteiger partial charge in [-0.05, 0) is 76.1 Å². The van der Waals surface area contributed by atoms with E-state index in [1.54, 1.807) is 69.3 Å². The Bertz CT molecular complexity index is 926. The fraction of sp³-hybridized carbons (Fsp3) is 0.348. The van der Waals surface area contributed by atoms with Crippen LogP contribution in [0.4, 0.5) is 16.2 Å². The van der Waals surface area contributed by atoms with Gasteiger partial charge in [-0.2, -0.15) is 0 Å². The number of carbonyl (C=O) groups excluding carboxylic acids is 3. The number of likely N-dealkylation sites (tertiary alicyclic amines) is 1. The minimum absolute atomic E-state index is 0.0197. The Morgan fingerprint density at radius 1 is 0.867 bits per heavy atom. The van der Waals surface area contributed by atoms with Gasteiger partial charge in [-0.1, -0.05) is 6.07 Å². The standard InChI is InChI=1S/C23H27N3O4/c1-23(2,3)30-22(29)25-19-8-6-7-17(15-19)20(27)24-18-11-9-16(10-12-18)21(28)26-13-4-5-14-26/h6-12,15H,4-5,13-14H2,1-3H3,(H,24,27)(H,25,29). The normalized spacial score (nSPS) is 13.6. The Morgan fingerprint density at radius 3 is 2.17 bits per heavy atom. The van der Waals surface area contributed by atoms with Crippen LogP contribution in [0.15, 0.2) is 48.5 Å². The molecule has 1 fully saturated rings. The molecule has 7 nitrogen and oxygen atoms in total. The summed E-state index contributed by atoms with van der Waals surface area (Å²) in [6.07, 6.45) is 1.50. The number of benzene rings is 2. The molecule has 0 saturated carbocycles. The minimum atomic E-state index is -0.610. The Balaban J connectivity index is 1.61. The summed E-state index contributed by atoms with van der Waals surface area (Å²) in [4.78, 5) is 38.7. The third-order valence-corrected chi connectivity index (χ3v) is 4.55. The molecule has 2 aromatic rings. The summed E-state index contributed by atoms with van der Waals surface area (Å²) in [5, 5.41) is 5.43. The van der Waals surface area contributed by atoms with E-state index >= 15 is 0 Å². The van der Waals surface area contributed by atoms with E-state index in [-0.39, 0.29) is 11.8 Å². The molecule has 3 rings (SSSR count). The summed E-state index contributed by atoms with van der Waals surface area (Å²) in [5.41, 5.74) is 1.44. The Morgan fingerprint density at radius 2 is 1.53 bits per heavy atom. The Hall–Kier alpha value is -3.35. The smallest absolute Gasteiger partial charge is 0.412 e. The van der Waals surface area contributed by atoms with Crippen molar-refractivity contribution < 1.29 is 19.1 Å². The Kier molecular flexibility index (Phi) is 6.40. The van der Waals surface area contributed by atoms with Crippen LogP contribution in [0, 0.1) is 0 Å². The van der Waals surface area contributed by atoms with Crippen LogP contribution in [-0.4, -0.2) is 41.5 Å². The lowest BCUT2D eigenvalue weighted by Gasteiger charge is -2.19. The predicted octanol–water partition coefficient (Wildman–Crippen LogP) is 4.52. The van der Waals surface area contributed by atoms with E-state index in [1.807, 2.05) is 4.90 Å². The number of hydrogen-bond acceptors (Lipinski definition) is 4. The third kappa shape index (κ3) is 5.83. The van der Waals surface area contributed by atoms with Gasteiger partial charge in [0, 0.05) is 35.6 Å². The molecule has 158 valence electrons. The lowest BCUT2D eigenvalue weighted by molar-refractivity contribution is 0.0635. The van der Waals surface area contributed by atoms with Gasteiger partial charge in [0.2, 0.25) is 0 Å². The number of rotatable bonds is 4. The maximum Gasteiger partial charge on any atom is 0.412 e. The molecule has 0 spiro atoms.